The van der Waals surface area contributed by atoms with Gasteiger partial charge in [-0.3, -0.25) is 0 Å². The number of pyridine rings is 1. The normalized spacial score (nSPS) is 23.9. The van der Waals surface area contributed by atoms with Crippen molar-refractivity contribution in [2.45, 2.75) is 44.5 Å². The summed E-state index contributed by atoms with van der Waals surface area (Å²) < 4.78 is 12.1. The highest BCUT2D eigenvalue weighted by Crippen LogP contribution is 2.27. The fourth-order valence-corrected chi connectivity index (χ4v) is 2.65. The minimum atomic E-state index is -0.0673. The Labute approximate surface area is 115 Å². The average Bonchev–Trinajstić information content (AvgIpc) is 2.41. The summed E-state index contributed by atoms with van der Waals surface area (Å²) in [5.74, 6) is 0.530. The van der Waals surface area contributed by atoms with Crippen LogP contribution in [0.5, 0.6) is 5.88 Å². The number of aliphatic hydroxyl groups is 1. The minimum Gasteiger partial charge on any atom is -0.474 e. The molecule has 1 heterocycles. The fourth-order valence-electron chi connectivity index (χ4n) is 2.27. The van der Waals surface area contributed by atoms with Gasteiger partial charge in [0.05, 0.1) is 12.7 Å². The van der Waals surface area contributed by atoms with Gasteiger partial charge in [0.25, 0.3) is 0 Å². The maximum atomic E-state index is 9.30. The first-order valence-corrected chi connectivity index (χ1v) is 6.97. The lowest BCUT2D eigenvalue weighted by Crippen LogP contribution is -2.30. The van der Waals surface area contributed by atoms with Crippen LogP contribution in [0, 0.1) is 0 Å². The predicted molar refractivity (Wildman–Crippen MR) is 71.5 cm³/mol. The Morgan fingerprint density at radius 1 is 1.44 bits per heavy atom. The first kappa shape index (κ1) is 13.8. The first-order valence-electron chi connectivity index (χ1n) is 6.17. The van der Waals surface area contributed by atoms with E-state index in [0.29, 0.717) is 11.4 Å². The summed E-state index contributed by atoms with van der Waals surface area (Å²) in [5, 5.41) is 9.30. The van der Waals surface area contributed by atoms with Gasteiger partial charge in [-0.25, -0.2) is 4.98 Å². The third-order valence-electron chi connectivity index (χ3n) is 3.25. The maximum absolute atomic E-state index is 9.30. The lowest BCUT2D eigenvalue weighted by molar-refractivity contribution is 0.0188. The van der Waals surface area contributed by atoms with E-state index in [-0.39, 0.29) is 18.8 Å². The van der Waals surface area contributed by atoms with Gasteiger partial charge in [-0.1, -0.05) is 0 Å². The number of aliphatic hydroxyl groups excluding tert-OH is 1. The van der Waals surface area contributed by atoms with E-state index in [4.69, 9.17) is 9.47 Å². The summed E-state index contributed by atoms with van der Waals surface area (Å²) in [6.45, 7) is -0.0673. The molecule has 1 N–H and O–H groups in total. The van der Waals surface area contributed by atoms with Crippen molar-refractivity contribution in [3.05, 3.63) is 22.3 Å². The molecule has 1 aliphatic carbocycles. The smallest absolute Gasteiger partial charge is 0.219 e. The van der Waals surface area contributed by atoms with Crippen LogP contribution >= 0.6 is 15.9 Å². The van der Waals surface area contributed by atoms with Crippen LogP contribution in [0.4, 0.5) is 0 Å². The van der Waals surface area contributed by atoms with E-state index in [2.05, 4.69) is 20.9 Å². The van der Waals surface area contributed by atoms with Crippen LogP contribution in [0.1, 0.15) is 31.2 Å². The molecule has 0 aromatic carbocycles. The first-order chi connectivity index (χ1) is 8.72. The van der Waals surface area contributed by atoms with Crippen molar-refractivity contribution in [2.24, 2.45) is 0 Å². The van der Waals surface area contributed by atoms with Gasteiger partial charge < -0.3 is 14.6 Å². The summed E-state index contributed by atoms with van der Waals surface area (Å²) in [6, 6.07) is 1.83. The molecule has 0 spiro atoms. The number of hydrogen-bond donors (Lipinski definition) is 1. The van der Waals surface area contributed by atoms with Crippen molar-refractivity contribution in [3.63, 3.8) is 0 Å². The topological polar surface area (TPSA) is 51.6 Å². The van der Waals surface area contributed by atoms with Crippen LogP contribution in [0.25, 0.3) is 0 Å². The van der Waals surface area contributed by atoms with Gasteiger partial charge in [0.15, 0.2) is 0 Å². The number of rotatable bonds is 4. The Morgan fingerprint density at radius 2 is 2.22 bits per heavy atom. The summed E-state index contributed by atoms with van der Waals surface area (Å²) in [6.07, 6.45) is 6.19. The Morgan fingerprint density at radius 3 is 2.94 bits per heavy atom. The molecule has 1 saturated carbocycles. The second kappa shape index (κ2) is 6.50. The van der Waals surface area contributed by atoms with E-state index in [1.807, 2.05) is 6.07 Å². The van der Waals surface area contributed by atoms with Gasteiger partial charge >= 0.3 is 0 Å². The Bertz CT molecular complexity index is 400. The molecule has 0 bridgehead atoms. The number of aromatic nitrogens is 1. The summed E-state index contributed by atoms with van der Waals surface area (Å²) >= 11 is 3.33. The summed E-state index contributed by atoms with van der Waals surface area (Å²) in [5.41, 5.74) is 0.712. The standard InChI is InChI=1S/C13H18BrNO3/c1-17-11-3-2-4-12(6-11)18-13-9(8-16)5-10(14)7-15-13/h5,7,11-12,16H,2-4,6,8H2,1H3. The van der Waals surface area contributed by atoms with Crippen LogP contribution in [0.15, 0.2) is 16.7 Å². The molecular formula is C13H18BrNO3. The van der Waals surface area contributed by atoms with E-state index in [1.165, 1.54) is 0 Å². The minimum absolute atomic E-state index is 0.0673. The number of methoxy groups -OCH3 is 1. The van der Waals surface area contributed by atoms with Crippen LogP contribution in [0.2, 0.25) is 0 Å². The lowest BCUT2D eigenvalue weighted by atomic mass is 9.95. The molecule has 0 radical (unpaired) electrons. The number of hydrogen-bond acceptors (Lipinski definition) is 4. The highest BCUT2D eigenvalue weighted by Gasteiger charge is 2.24. The zero-order valence-corrected chi connectivity index (χ0v) is 12.0. The van der Waals surface area contributed by atoms with Crippen LogP contribution in [-0.4, -0.2) is 29.4 Å². The second-order valence-electron chi connectivity index (χ2n) is 4.54. The van der Waals surface area contributed by atoms with Gasteiger partial charge in [-0.05, 0) is 41.3 Å². The van der Waals surface area contributed by atoms with Crippen molar-refractivity contribution in [1.29, 1.82) is 0 Å². The van der Waals surface area contributed by atoms with Gasteiger partial charge in [0.2, 0.25) is 5.88 Å². The third kappa shape index (κ3) is 3.43. The van der Waals surface area contributed by atoms with E-state index >= 15 is 0 Å². The van der Waals surface area contributed by atoms with Crippen molar-refractivity contribution in [2.75, 3.05) is 7.11 Å². The highest BCUT2D eigenvalue weighted by molar-refractivity contribution is 9.10. The molecule has 18 heavy (non-hydrogen) atoms. The largest absolute Gasteiger partial charge is 0.474 e. The molecule has 2 rings (SSSR count). The molecule has 1 aliphatic rings. The number of halogens is 1. The maximum Gasteiger partial charge on any atom is 0.219 e. The molecule has 0 amide bonds. The van der Waals surface area contributed by atoms with Gasteiger partial charge in [-0.2, -0.15) is 0 Å². The zero-order chi connectivity index (χ0) is 13.0. The number of ether oxygens (including phenoxy) is 2. The molecule has 1 aromatic rings. The van der Waals surface area contributed by atoms with Crippen LogP contribution in [-0.2, 0) is 11.3 Å². The van der Waals surface area contributed by atoms with Gasteiger partial charge in [0.1, 0.15) is 6.10 Å². The lowest BCUT2D eigenvalue weighted by Gasteiger charge is -2.28. The van der Waals surface area contributed by atoms with E-state index in [9.17, 15) is 5.11 Å². The summed E-state index contributed by atoms with van der Waals surface area (Å²) in [4.78, 5) is 4.22. The second-order valence-corrected chi connectivity index (χ2v) is 5.46. The molecule has 100 valence electrons. The number of nitrogens with zero attached hydrogens (tertiary/aromatic N) is 1. The van der Waals surface area contributed by atoms with E-state index in [0.717, 1.165) is 30.2 Å². The van der Waals surface area contributed by atoms with Crippen LogP contribution in [0.3, 0.4) is 0 Å². The SMILES string of the molecule is COC1CCCC(Oc2ncc(Br)cc2CO)C1. The Balaban J connectivity index is 2.04. The monoisotopic (exact) mass is 315 g/mol. The predicted octanol–water partition coefficient (Wildman–Crippen LogP) is 2.67. The molecule has 1 fully saturated rings. The zero-order valence-electron chi connectivity index (χ0n) is 10.4. The Kier molecular flexibility index (Phi) is 4.97. The average molecular weight is 316 g/mol. The summed E-state index contributed by atoms with van der Waals surface area (Å²) in [7, 11) is 1.74. The van der Waals surface area contributed by atoms with Crippen LogP contribution < -0.4 is 4.74 Å². The molecule has 4 nitrogen and oxygen atoms in total. The van der Waals surface area contributed by atoms with Crippen molar-refractivity contribution >= 4 is 15.9 Å². The highest BCUT2D eigenvalue weighted by atomic mass is 79.9. The molecule has 1 aromatic heterocycles. The van der Waals surface area contributed by atoms with E-state index < -0.39 is 0 Å². The molecular weight excluding hydrogens is 298 g/mol. The molecule has 2 unspecified atom stereocenters. The molecule has 5 heteroatoms. The van der Waals surface area contributed by atoms with Crippen molar-refractivity contribution in [3.8, 4) is 5.88 Å². The van der Waals surface area contributed by atoms with Gasteiger partial charge in [0, 0.05) is 29.8 Å². The molecule has 0 saturated heterocycles. The van der Waals surface area contributed by atoms with Crippen molar-refractivity contribution in [1.82, 2.24) is 4.98 Å². The van der Waals surface area contributed by atoms with Crippen molar-refractivity contribution < 1.29 is 14.6 Å². The Hall–Kier alpha value is -0.650. The van der Waals surface area contributed by atoms with E-state index in [1.54, 1.807) is 13.3 Å². The third-order valence-corrected chi connectivity index (χ3v) is 3.69. The van der Waals surface area contributed by atoms with Gasteiger partial charge in [-0.15, -0.1) is 0 Å². The quantitative estimate of drug-likeness (QED) is 0.928. The molecule has 2 atom stereocenters. The fraction of sp³-hybridized carbons (Fsp3) is 0.615. The molecule has 0 aliphatic heterocycles.